The molecule has 2 aromatic heterocycles. The molecule has 102 valence electrons. The summed E-state index contributed by atoms with van der Waals surface area (Å²) in [6.07, 6.45) is 0.579. The van der Waals surface area contributed by atoms with Crippen LogP contribution in [0.4, 0.5) is 0 Å². The number of carbonyl (C=O) groups excluding carboxylic acids is 1. The van der Waals surface area contributed by atoms with Gasteiger partial charge in [-0.15, -0.1) is 0 Å². The largest absolute Gasteiger partial charge is 0.456 e. The van der Waals surface area contributed by atoms with Gasteiger partial charge in [0.1, 0.15) is 11.5 Å². The van der Waals surface area contributed by atoms with Crippen molar-refractivity contribution in [2.24, 2.45) is 0 Å². The predicted molar refractivity (Wildman–Crippen MR) is 70.1 cm³/mol. The summed E-state index contributed by atoms with van der Waals surface area (Å²) in [5, 5.41) is 6.69. The summed E-state index contributed by atoms with van der Waals surface area (Å²) in [4.78, 5) is 11.8. The van der Waals surface area contributed by atoms with E-state index in [4.69, 9.17) is 8.94 Å². The average molecular weight is 262 g/mol. The number of aryl methyl sites for hydroxylation is 2. The van der Waals surface area contributed by atoms with Crippen molar-refractivity contribution < 1.29 is 13.7 Å². The van der Waals surface area contributed by atoms with Crippen molar-refractivity contribution in [1.82, 2.24) is 10.5 Å². The maximum absolute atomic E-state index is 11.8. The first-order valence-corrected chi connectivity index (χ1v) is 6.28. The fourth-order valence-corrected chi connectivity index (χ4v) is 1.86. The third-order valence-electron chi connectivity index (χ3n) is 2.84. The zero-order valence-corrected chi connectivity index (χ0v) is 11.6. The summed E-state index contributed by atoms with van der Waals surface area (Å²) in [5.41, 5.74) is 1.85. The van der Waals surface area contributed by atoms with Crippen molar-refractivity contribution in [2.75, 3.05) is 0 Å². The van der Waals surface area contributed by atoms with E-state index >= 15 is 0 Å². The molecule has 1 amide bonds. The second-order valence-corrected chi connectivity index (χ2v) is 4.87. The molecule has 5 nitrogen and oxygen atoms in total. The van der Waals surface area contributed by atoms with Gasteiger partial charge in [-0.1, -0.05) is 5.16 Å². The molecule has 0 aliphatic heterocycles. The predicted octanol–water partition coefficient (Wildman–Crippen LogP) is 2.61. The van der Waals surface area contributed by atoms with Crippen LogP contribution in [0.5, 0.6) is 0 Å². The Labute approximate surface area is 112 Å². The number of rotatable bonds is 4. The van der Waals surface area contributed by atoms with Gasteiger partial charge in [-0.2, -0.15) is 0 Å². The Kier molecular flexibility index (Phi) is 3.74. The smallest absolute Gasteiger partial charge is 0.287 e. The topological polar surface area (TPSA) is 68.3 Å². The van der Waals surface area contributed by atoms with Crippen LogP contribution in [0.2, 0.25) is 0 Å². The summed E-state index contributed by atoms with van der Waals surface area (Å²) >= 11 is 0. The number of aromatic nitrogens is 1. The number of nitrogens with zero attached hydrogens (tertiary/aromatic N) is 1. The molecule has 2 aromatic rings. The number of hydrogen-bond acceptors (Lipinski definition) is 4. The molecule has 2 rings (SSSR count). The van der Waals surface area contributed by atoms with Crippen LogP contribution >= 0.6 is 0 Å². The molecular weight excluding hydrogens is 244 g/mol. The lowest BCUT2D eigenvalue weighted by molar-refractivity contribution is 0.0913. The van der Waals surface area contributed by atoms with Gasteiger partial charge in [-0.3, -0.25) is 4.79 Å². The second kappa shape index (κ2) is 5.30. The van der Waals surface area contributed by atoms with Gasteiger partial charge >= 0.3 is 0 Å². The summed E-state index contributed by atoms with van der Waals surface area (Å²) < 4.78 is 10.7. The van der Waals surface area contributed by atoms with Gasteiger partial charge in [0.25, 0.3) is 5.91 Å². The lowest BCUT2D eigenvalue weighted by atomic mass is 10.1. The molecule has 0 aliphatic rings. The third-order valence-corrected chi connectivity index (χ3v) is 2.84. The van der Waals surface area contributed by atoms with Crippen molar-refractivity contribution in [2.45, 2.75) is 40.2 Å². The fourth-order valence-electron chi connectivity index (χ4n) is 1.86. The van der Waals surface area contributed by atoms with Crippen LogP contribution in [0.15, 0.2) is 21.1 Å². The van der Waals surface area contributed by atoms with Gasteiger partial charge in [0.15, 0.2) is 5.76 Å². The minimum absolute atomic E-state index is 0.0867. The molecule has 0 unspecified atom stereocenters. The first kappa shape index (κ1) is 13.4. The molecule has 0 bridgehead atoms. The Bertz CT molecular complexity index is 562. The van der Waals surface area contributed by atoms with Crippen LogP contribution in [0.3, 0.4) is 0 Å². The number of hydrogen-bond donors (Lipinski definition) is 1. The maximum Gasteiger partial charge on any atom is 0.287 e. The molecule has 0 aliphatic carbocycles. The van der Waals surface area contributed by atoms with Gasteiger partial charge in [-0.25, -0.2) is 0 Å². The van der Waals surface area contributed by atoms with Crippen LogP contribution in [-0.2, 0) is 6.42 Å². The zero-order chi connectivity index (χ0) is 14.0. The monoisotopic (exact) mass is 262 g/mol. The van der Waals surface area contributed by atoms with Gasteiger partial charge in [0.05, 0.1) is 5.69 Å². The highest BCUT2D eigenvalue weighted by molar-refractivity contribution is 5.91. The molecule has 0 saturated heterocycles. The van der Waals surface area contributed by atoms with E-state index in [0.717, 1.165) is 22.8 Å². The molecule has 0 atom stereocenters. The summed E-state index contributed by atoms with van der Waals surface area (Å²) in [6.45, 7) is 7.57. The Morgan fingerprint density at radius 1 is 1.37 bits per heavy atom. The first-order valence-electron chi connectivity index (χ1n) is 6.28. The molecule has 0 spiro atoms. The quantitative estimate of drug-likeness (QED) is 0.919. The van der Waals surface area contributed by atoms with Gasteiger partial charge in [0, 0.05) is 18.0 Å². The van der Waals surface area contributed by atoms with Crippen LogP contribution in [-0.4, -0.2) is 17.1 Å². The third kappa shape index (κ3) is 3.05. The molecule has 19 heavy (non-hydrogen) atoms. The highest BCUT2D eigenvalue weighted by Gasteiger charge is 2.15. The Balaban J connectivity index is 2.12. The minimum atomic E-state index is -0.194. The normalized spacial score (nSPS) is 11.0. The SMILES string of the molecule is Cc1noc(C)c1Cc1ccc(C(=O)NC(C)C)o1. The zero-order valence-electron chi connectivity index (χ0n) is 11.6. The average Bonchev–Trinajstić information content (AvgIpc) is 2.91. The number of furan rings is 1. The van der Waals surface area contributed by atoms with Gasteiger partial charge in [-0.05, 0) is 39.8 Å². The highest BCUT2D eigenvalue weighted by atomic mass is 16.5. The maximum atomic E-state index is 11.8. The Hall–Kier alpha value is -2.04. The van der Waals surface area contributed by atoms with Crippen molar-refractivity contribution in [3.63, 3.8) is 0 Å². The molecule has 1 N–H and O–H groups in total. The van der Waals surface area contributed by atoms with Crippen molar-refractivity contribution in [1.29, 1.82) is 0 Å². The molecule has 0 radical (unpaired) electrons. The van der Waals surface area contributed by atoms with Gasteiger partial charge < -0.3 is 14.3 Å². The molecule has 0 fully saturated rings. The van der Waals surface area contributed by atoms with E-state index in [1.807, 2.05) is 27.7 Å². The van der Waals surface area contributed by atoms with E-state index in [9.17, 15) is 4.79 Å². The van der Waals surface area contributed by atoms with E-state index in [-0.39, 0.29) is 11.9 Å². The van der Waals surface area contributed by atoms with E-state index in [2.05, 4.69) is 10.5 Å². The first-order chi connectivity index (χ1) is 8.97. The Morgan fingerprint density at radius 3 is 2.68 bits per heavy atom. The van der Waals surface area contributed by atoms with E-state index in [1.165, 1.54) is 0 Å². The van der Waals surface area contributed by atoms with Crippen molar-refractivity contribution in [3.8, 4) is 0 Å². The molecule has 0 saturated carbocycles. The van der Waals surface area contributed by atoms with Crippen LogP contribution in [0.1, 0.15) is 47.2 Å². The summed E-state index contributed by atoms with van der Waals surface area (Å²) in [7, 11) is 0. The van der Waals surface area contributed by atoms with E-state index in [1.54, 1.807) is 12.1 Å². The standard InChI is InChI=1S/C14H18N2O3/c1-8(2)15-14(17)13-6-5-11(18-13)7-12-9(3)16-19-10(12)4/h5-6,8H,7H2,1-4H3,(H,15,17). The van der Waals surface area contributed by atoms with Gasteiger partial charge in [0.2, 0.25) is 0 Å². The molecule has 5 heteroatoms. The van der Waals surface area contributed by atoms with Crippen LogP contribution in [0, 0.1) is 13.8 Å². The number of nitrogens with one attached hydrogen (secondary N) is 1. The van der Waals surface area contributed by atoms with Crippen molar-refractivity contribution >= 4 is 5.91 Å². The molecule has 0 aromatic carbocycles. The lowest BCUT2D eigenvalue weighted by Gasteiger charge is -2.05. The highest BCUT2D eigenvalue weighted by Crippen LogP contribution is 2.19. The van der Waals surface area contributed by atoms with E-state index < -0.39 is 0 Å². The Morgan fingerprint density at radius 2 is 2.11 bits per heavy atom. The van der Waals surface area contributed by atoms with Crippen LogP contribution < -0.4 is 5.32 Å². The number of carbonyl (C=O) groups is 1. The lowest BCUT2D eigenvalue weighted by Crippen LogP contribution is -2.29. The van der Waals surface area contributed by atoms with Crippen LogP contribution in [0.25, 0.3) is 0 Å². The summed E-state index contributed by atoms with van der Waals surface area (Å²) in [5.74, 6) is 1.64. The summed E-state index contributed by atoms with van der Waals surface area (Å²) in [6, 6.07) is 3.58. The molecule has 2 heterocycles. The second-order valence-electron chi connectivity index (χ2n) is 4.87. The fraction of sp³-hybridized carbons (Fsp3) is 0.429. The molecular formula is C14H18N2O3. The van der Waals surface area contributed by atoms with E-state index in [0.29, 0.717) is 12.2 Å². The minimum Gasteiger partial charge on any atom is -0.456 e. The van der Waals surface area contributed by atoms with Crippen molar-refractivity contribution in [3.05, 3.63) is 40.7 Å². The number of amides is 1.